The predicted octanol–water partition coefficient (Wildman–Crippen LogP) is 4.04. The third kappa shape index (κ3) is 3.94. The van der Waals surface area contributed by atoms with Crippen molar-refractivity contribution in [3.63, 3.8) is 0 Å². The molecule has 3 N–H and O–H groups in total. The van der Waals surface area contributed by atoms with Gasteiger partial charge in [-0.15, -0.1) is 0 Å². The van der Waals surface area contributed by atoms with Crippen LogP contribution in [0, 0.1) is 6.92 Å². The number of nitrogens with zero attached hydrogens (tertiary/aromatic N) is 1. The van der Waals surface area contributed by atoms with Gasteiger partial charge in [-0.3, -0.25) is 4.79 Å². The number of benzene rings is 2. The summed E-state index contributed by atoms with van der Waals surface area (Å²) in [5, 5.41) is 12.7. The second kappa shape index (κ2) is 7.15. The van der Waals surface area contributed by atoms with Gasteiger partial charge in [-0.25, -0.2) is 4.98 Å². The lowest BCUT2D eigenvalue weighted by atomic mass is 10.1. The first-order chi connectivity index (χ1) is 12.0. The number of rotatable bonds is 5. The first-order valence-corrected chi connectivity index (χ1v) is 8.57. The number of amides is 1. The van der Waals surface area contributed by atoms with Crippen LogP contribution in [0.2, 0.25) is 5.02 Å². The zero-order chi connectivity index (χ0) is 18.0. The Hall–Kier alpha value is -2.53. The molecule has 5 nitrogen and oxygen atoms in total. The molecule has 25 heavy (non-hydrogen) atoms. The number of aromatic amines is 1. The van der Waals surface area contributed by atoms with Gasteiger partial charge in [0.15, 0.2) is 0 Å². The Morgan fingerprint density at radius 2 is 2.12 bits per heavy atom. The van der Waals surface area contributed by atoms with Crippen LogP contribution in [-0.2, 0) is 11.2 Å². The minimum absolute atomic E-state index is 0.00910. The summed E-state index contributed by atoms with van der Waals surface area (Å²) in [5.41, 5.74) is 3.76. The molecule has 0 aliphatic rings. The normalized spacial score (nSPS) is 12.3. The quantitative estimate of drug-likeness (QED) is 0.644. The Kier molecular flexibility index (Phi) is 4.95. The number of nitrogens with one attached hydrogen (secondary N) is 2. The van der Waals surface area contributed by atoms with Crippen molar-refractivity contribution in [1.29, 1.82) is 0 Å². The molecule has 0 aliphatic heterocycles. The molecule has 6 heteroatoms. The molecule has 0 saturated heterocycles. The Balaban J connectivity index is 1.73. The van der Waals surface area contributed by atoms with Crippen LogP contribution in [0.1, 0.15) is 36.3 Å². The zero-order valence-electron chi connectivity index (χ0n) is 14.1. The van der Waals surface area contributed by atoms with Crippen molar-refractivity contribution in [3.05, 3.63) is 58.4 Å². The number of carbonyl (C=O) groups excluding carboxylic acids is 1. The van der Waals surface area contributed by atoms with E-state index in [-0.39, 0.29) is 29.1 Å². The van der Waals surface area contributed by atoms with Crippen LogP contribution in [0.5, 0.6) is 5.75 Å². The summed E-state index contributed by atoms with van der Waals surface area (Å²) in [6.07, 6.45) is 0.913. The third-order valence-corrected chi connectivity index (χ3v) is 4.41. The summed E-state index contributed by atoms with van der Waals surface area (Å²) >= 11 is 5.89. The van der Waals surface area contributed by atoms with Crippen molar-refractivity contribution in [2.75, 3.05) is 0 Å². The molecule has 0 fully saturated rings. The predicted molar refractivity (Wildman–Crippen MR) is 98.8 cm³/mol. The highest BCUT2D eigenvalue weighted by molar-refractivity contribution is 6.32. The van der Waals surface area contributed by atoms with Gasteiger partial charge in [-0.1, -0.05) is 30.7 Å². The Morgan fingerprint density at radius 1 is 1.32 bits per heavy atom. The lowest BCUT2D eigenvalue weighted by Crippen LogP contribution is -2.30. The molecule has 0 saturated carbocycles. The number of phenolic OH excluding ortho intramolecular Hbond substituents is 1. The molecule has 1 atom stereocenters. The minimum Gasteiger partial charge on any atom is -0.506 e. The van der Waals surface area contributed by atoms with Gasteiger partial charge < -0.3 is 15.4 Å². The van der Waals surface area contributed by atoms with Crippen LogP contribution in [0.25, 0.3) is 11.0 Å². The molecule has 1 heterocycles. The molecule has 3 aromatic rings. The van der Waals surface area contributed by atoms with Crippen LogP contribution < -0.4 is 5.32 Å². The van der Waals surface area contributed by atoms with Gasteiger partial charge in [-0.05, 0) is 48.7 Å². The second-order valence-electron chi connectivity index (χ2n) is 6.13. The van der Waals surface area contributed by atoms with Crippen molar-refractivity contribution in [2.45, 2.75) is 32.7 Å². The second-order valence-corrected chi connectivity index (χ2v) is 6.54. The summed E-state index contributed by atoms with van der Waals surface area (Å²) in [7, 11) is 0. The summed E-state index contributed by atoms with van der Waals surface area (Å²) in [4.78, 5) is 20.2. The Labute approximate surface area is 151 Å². The maximum Gasteiger partial charge on any atom is 0.225 e. The average Bonchev–Trinajstić information content (AvgIpc) is 2.99. The van der Waals surface area contributed by atoms with E-state index in [0.717, 1.165) is 34.4 Å². The van der Waals surface area contributed by atoms with E-state index < -0.39 is 0 Å². The van der Waals surface area contributed by atoms with E-state index in [0.29, 0.717) is 0 Å². The average molecular weight is 358 g/mol. The molecule has 0 aliphatic carbocycles. The van der Waals surface area contributed by atoms with Crippen LogP contribution in [0.3, 0.4) is 0 Å². The SMILES string of the molecule is CC[C@H](NC(=O)Cc1ccc(O)c(Cl)c1)c1nc2ccc(C)cc2[nH]1. The van der Waals surface area contributed by atoms with E-state index in [9.17, 15) is 9.90 Å². The van der Waals surface area contributed by atoms with Gasteiger partial charge in [0, 0.05) is 0 Å². The van der Waals surface area contributed by atoms with Crippen LogP contribution in [0.4, 0.5) is 0 Å². The number of hydrogen-bond donors (Lipinski definition) is 3. The van der Waals surface area contributed by atoms with Crippen molar-refractivity contribution in [1.82, 2.24) is 15.3 Å². The lowest BCUT2D eigenvalue weighted by molar-refractivity contribution is -0.121. The third-order valence-electron chi connectivity index (χ3n) is 4.11. The highest BCUT2D eigenvalue weighted by atomic mass is 35.5. The maximum absolute atomic E-state index is 12.4. The largest absolute Gasteiger partial charge is 0.506 e. The number of aromatic nitrogens is 2. The van der Waals surface area contributed by atoms with Crippen molar-refractivity contribution in [2.24, 2.45) is 0 Å². The number of imidazole rings is 1. The highest BCUT2D eigenvalue weighted by Crippen LogP contribution is 2.24. The van der Waals surface area contributed by atoms with Crippen molar-refractivity contribution < 1.29 is 9.90 Å². The molecular formula is C19H20ClN3O2. The minimum atomic E-state index is -0.187. The van der Waals surface area contributed by atoms with Crippen molar-refractivity contribution in [3.8, 4) is 5.75 Å². The highest BCUT2D eigenvalue weighted by Gasteiger charge is 2.17. The number of hydrogen-bond acceptors (Lipinski definition) is 3. The van der Waals surface area contributed by atoms with Crippen LogP contribution in [-0.4, -0.2) is 21.0 Å². The fourth-order valence-electron chi connectivity index (χ4n) is 2.76. The number of H-pyrrole nitrogens is 1. The summed E-state index contributed by atoms with van der Waals surface area (Å²) in [6.45, 7) is 4.03. The molecule has 130 valence electrons. The van der Waals surface area contributed by atoms with E-state index in [1.165, 1.54) is 6.07 Å². The fourth-order valence-corrected chi connectivity index (χ4v) is 2.97. The van der Waals surface area contributed by atoms with Crippen LogP contribution in [0.15, 0.2) is 36.4 Å². The standard InChI is InChI=1S/C19H20ClN3O2/c1-3-14(19-22-15-6-4-11(2)8-16(15)23-19)21-18(25)10-12-5-7-17(24)13(20)9-12/h4-9,14,24H,3,10H2,1-2H3,(H,21,25)(H,22,23)/t14-/m0/s1. The molecule has 3 rings (SSSR count). The van der Waals surface area contributed by atoms with Gasteiger partial charge in [0.2, 0.25) is 5.91 Å². The van der Waals surface area contributed by atoms with E-state index in [1.807, 2.05) is 32.0 Å². The number of halogens is 1. The molecule has 0 radical (unpaired) electrons. The van der Waals surface area contributed by atoms with E-state index in [1.54, 1.807) is 12.1 Å². The molecule has 0 spiro atoms. The Morgan fingerprint density at radius 3 is 2.84 bits per heavy atom. The van der Waals surface area contributed by atoms with Crippen LogP contribution >= 0.6 is 11.6 Å². The molecule has 0 unspecified atom stereocenters. The number of fused-ring (bicyclic) bond motifs is 1. The summed E-state index contributed by atoms with van der Waals surface area (Å²) in [6, 6.07) is 10.6. The smallest absolute Gasteiger partial charge is 0.225 e. The van der Waals surface area contributed by atoms with Gasteiger partial charge >= 0.3 is 0 Å². The Bertz CT molecular complexity index is 920. The number of phenols is 1. The summed E-state index contributed by atoms with van der Waals surface area (Å²) in [5.74, 6) is 0.639. The maximum atomic E-state index is 12.4. The van der Waals surface area contributed by atoms with Gasteiger partial charge in [-0.2, -0.15) is 0 Å². The van der Waals surface area contributed by atoms with Gasteiger partial charge in [0.25, 0.3) is 0 Å². The fraction of sp³-hybridized carbons (Fsp3) is 0.263. The first kappa shape index (κ1) is 17.3. The lowest BCUT2D eigenvalue weighted by Gasteiger charge is -2.14. The van der Waals surface area contributed by atoms with E-state index >= 15 is 0 Å². The number of aromatic hydroxyl groups is 1. The van der Waals surface area contributed by atoms with E-state index in [2.05, 4.69) is 15.3 Å². The molecule has 1 amide bonds. The zero-order valence-corrected chi connectivity index (χ0v) is 14.9. The van der Waals surface area contributed by atoms with Gasteiger partial charge in [0.05, 0.1) is 28.5 Å². The number of aryl methyl sites for hydroxylation is 1. The van der Waals surface area contributed by atoms with E-state index in [4.69, 9.17) is 11.6 Å². The number of carbonyl (C=O) groups is 1. The topological polar surface area (TPSA) is 78.0 Å². The van der Waals surface area contributed by atoms with Gasteiger partial charge in [0.1, 0.15) is 11.6 Å². The molecular weight excluding hydrogens is 338 g/mol. The molecule has 2 aromatic carbocycles. The monoisotopic (exact) mass is 357 g/mol. The summed E-state index contributed by atoms with van der Waals surface area (Å²) < 4.78 is 0. The molecule has 1 aromatic heterocycles. The van der Waals surface area contributed by atoms with Crippen molar-refractivity contribution >= 4 is 28.5 Å². The molecule has 0 bridgehead atoms. The first-order valence-electron chi connectivity index (χ1n) is 8.19.